The number of halogens is 1. The molecule has 2 amide bonds. The molecule has 1 fully saturated rings. The lowest BCUT2D eigenvalue weighted by molar-refractivity contribution is -0.140. The zero-order chi connectivity index (χ0) is 30.3. The number of aryl methyl sites for hydroxylation is 1. The zero-order valence-corrected chi connectivity index (χ0v) is 25.1. The van der Waals surface area contributed by atoms with Crippen molar-refractivity contribution >= 4 is 27.5 Å². The molecule has 0 aliphatic heterocycles. The number of hydrogen-bond acceptors (Lipinski definition) is 5. The lowest BCUT2D eigenvalue weighted by Crippen LogP contribution is -2.53. The monoisotopic (exact) mass is 595 g/mol. The molecule has 1 saturated carbocycles. The minimum atomic E-state index is -4.35. The Morgan fingerprint density at radius 1 is 1.00 bits per heavy atom. The molecule has 0 aromatic heterocycles. The predicted octanol–water partition coefficient (Wildman–Crippen LogP) is 5.20. The van der Waals surface area contributed by atoms with Crippen molar-refractivity contribution in [2.24, 2.45) is 0 Å². The molecule has 1 aliphatic rings. The topological polar surface area (TPSA) is 96.0 Å². The van der Waals surface area contributed by atoms with Gasteiger partial charge in [0.25, 0.3) is 10.0 Å². The Kier molecular flexibility index (Phi) is 10.2. The highest BCUT2D eigenvalue weighted by molar-refractivity contribution is 7.92. The second-order valence-corrected chi connectivity index (χ2v) is 12.4. The van der Waals surface area contributed by atoms with Crippen molar-refractivity contribution in [3.8, 4) is 5.75 Å². The van der Waals surface area contributed by atoms with Crippen molar-refractivity contribution in [2.75, 3.05) is 18.0 Å². The van der Waals surface area contributed by atoms with Crippen LogP contribution >= 0.6 is 0 Å². The Balaban J connectivity index is 1.72. The van der Waals surface area contributed by atoms with Crippen LogP contribution in [0.1, 0.15) is 50.2 Å². The second-order valence-electron chi connectivity index (χ2n) is 10.6. The fraction of sp³-hybridized carbons (Fsp3) is 0.375. The van der Waals surface area contributed by atoms with Crippen LogP contribution in [-0.2, 0) is 26.2 Å². The maximum atomic E-state index is 15.1. The summed E-state index contributed by atoms with van der Waals surface area (Å²) in [5.74, 6) is -1.06. The van der Waals surface area contributed by atoms with Crippen molar-refractivity contribution in [3.05, 3.63) is 89.7 Å². The van der Waals surface area contributed by atoms with E-state index >= 15 is 4.39 Å². The lowest BCUT2D eigenvalue weighted by Gasteiger charge is -2.34. The van der Waals surface area contributed by atoms with Crippen LogP contribution < -0.4 is 14.4 Å². The molecule has 1 N–H and O–H groups in total. The standard InChI is InChI=1S/C32H38FN3O5S/c1-4-29(32(38)34-25-9-5-6-10-25)35(21-24-15-17-26(41-3)18-16-24)31(37)22-36(30-12-8-7-11-28(30)33)42(39,40)27-19-13-23(2)14-20-27/h7-8,11-20,25,29H,4-6,9-10,21-22H2,1-3H3,(H,34,38)/t29-/m1/s1. The molecule has 3 aromatic carbocycles. The van der Waals surface area contributed by atoms with Gasteiger partial charge in [-0.3, -0.25) is 13.9 Å². The first-order valence-electron chi connectivity index (χ1n) is 14.2. The molecule has 0 bridgehead atoms. The van der Waals surface area contributed by atoms with Crippen molar-refractivity contribution < 1.29 is 27.1 Å². The SMILES string of the molecule is CC[C@H](C(=O)NC1CCCC1)N(Cc1ccc(OC)cc1)C(=O)CN(c1ccccc1F)S(=O)(=O)c1ccc(C)cc1. The number of sulfonamides is 1. The van der Waals surface area contributed by atoms with Gasteiger partial charge in [-0.05, 0) is 68.1 Å². The quantitative estimate of drug-likeness (QED) is 0.310. The summed E-state index contributed by atoms with van der Waals surface area (Å²) in [6.45, 7) is 2.99. The van der Waals surface area contributed by atoms with E-state index in [4.69, 9.17) is 4.74 Å². The number of amides is 2. The summed E-state index contributed by atoms with van der Waals surface area (Å²) in [7, 11) is -2.79. The summed E-state index contributed by atoms with van der Waals surface area (Å²) in [5, 5.41) is 3.08. The molecule has 0 radical (unpaired) electrons. The van der Waals surface area contributed by atoms with E-state index in [1.54, 1.807) is 43.5 Å². The van der Waals surface area contributed by atoms with Crippen LogP contribution in [0, 0.1) is 12.7 Å². The summed E-state index contributed by atoms with van der Waals surface area (Å²) >= 11 is 0. The Morgan fingerprint density at radius 3 is 2.24 bits per heavy atom. The molecule has 10 heteroatoms. The average molecular weight is 596 g/mol. The second kappa shape index (κ2) is 13.8. The maximum absolute atomic E-state index is 15.1. The fourth-order valence-corrected chi connectivity index (χ4v) is 6.64. The number of rotatable bonds is 12. The summed E-state index contributed by atoms with van der Waals surface area (Å²) < 4.78 is 48.9. The summed E-state index contributed by atoms with van der Waals surface area (Å²) in [6, 6.07) is 17.9. The van der Waals surface area contributed by atoms with Gasteiger partial charge >= 0.3 is 0 Å². The third-order valence-corrected chi connectivity index (χ3v) is 9.38. The normalized spacial score (nSPS) is 14.3. The molecule has 0 heterocycles. The first-order chi connectivity index (χ1) is 20.1. The highest BCUT2D eigenvalue weighted by atomic mass is 32.2. The van der Waals surface area contributed by atoms with Gasteiger partial charge in [0.2, 0.25) is 11.8 Å². The summed E-state index contributed by atoms with van der Waals surface area (Å²) in [6.07, 6.45) is 4.13. The van der Waals surface area contributed by atoms with Crippen LogP contribution in [0.15, 0.2) is 77.7 Å². The van der Waals surface area contributed by atoms with Gasteiger partial charge in [0.05, 0.1) is 17.7 Å². The van der Waals surface area contributed by atoms with Crippen LogP contribution in [0.3, 0.4) is 0 Å². The van der Waals surface area contributed by atoms with Crippen LogP contribution in [0.4, 0.5) is 10.1 Å². The number of para-hydroxylation sites is 1. The number of carbonyl (C=O) groups excluding carboxylic acids is 2. The number of nitrogens with zero attached hydrogens (tertiary/aromatic N) is 2. The molecule has 42 heavy (non-hydrogen) atoms. The molecule has 0 saturated heterocycles. The summed E-state index contributed by atoms with van der Waals surface area (Å²) in [5.41, 5.74) is 1.33. The molecule has 3 aromatic rings. The maximum Gasteiger partial charge on any atom is 0.264 e. The van der Waals surface area contributed by atoms with E-state index in [9.17, 15) is 18.0 Å². The number of carbonyl (C=O) groups is 2. The van der Waals surface area contributed by atoms with E-state index in [0.717, 1.165) is 47.2 Å². The van der Waals surface area contributed by atoms with E-state index in [1.807, 2.05) is 13.8 Å². The zero-order valence-electron chi connectivity index (χ0n) is 24.3. The van der Waals surface area contributed by atoms with Gasteiger partial charge in [-0.15, -0.1) is 0 Å². The van der Waals surface area contributed by atoms with Crippen molar-refractivity contribution in [1.29, 1.82) is 0 Å². The first-order valence-corrected chi connectivity index (χ1v) is 15.6. The molecule has 1 aliphatic carbocycles. The van der Waals surface area contributed by atoms with Crippen LogP contribution in [-0.4, -0.2) is 50.9 Å². The first kappa shape index (κ1) is 31.0. The van der Waals surface area contributed by atoms with E-state index in [2.05, 4.69) is 5.32 Å². The fourth-order valence-electron chi connectivity index (χ4n) is 5.22. The predicted molar refractivity (Wildman–Crippen MR) is 160 cm³/mol. The largest absolute Gasteiger partial charge is 0.497 e. The number of methoxy groups -OCH3 is 1. The Morgan fingerprint density at radius 2 is 1.64 bits per heavy atom. The third kappa shape index (κ3) is 7.28. The molecule has 0 spiro atoms. The van der Waals surface area contributed by atoms with Gasteiger partial charge < -0.3 is 15.0 Å². The molecule has 0 unspecified atom stereocenters. The minimum Gasteiger partial charge on any atom is -0.497 e. The molecule has 224 valence electrons. The molecular formula is C32H38FN3O5S. The third-order valence-electron chi connectivity index (χ3n) is 7.61. The number of benzene rings is 3. The van der Waals surface area contributed by atoms with Crippen molar-refractivity contribution in [1.82, 2.24) is 10.2 Å². The number of ether oxygens (including phenoxy) is 1. The molecule has 1 atom stereocenters. The number of anilines is 1. The average Bonchev–Trinajstić information content (AvgIpc) is 3.49. The van der Waals surface area contributed by atoms with Gasteiger partial charge in [-0.25, -0.2) is 12.8 Å². The summed E-state index contributed by atoms with van der Waals surface area (Å²) in [4.78, 5) is 29.0. The van der Waals surface area contributed by atoms with E-state index in [-0.39, 0.29) is 29.1 Å². The van der Waals surface area contributed by atoms with Gasteiger partial charge in [0.15, 0.2) is 0 Å². The lowest BCUT2D eigenvalue weighted by atomic mass is 10.1. The Bertz CT molecular complexity index is 1470. The van der Waals surface area contributed by atoms with Crippen molar-refractivity contribution in [2.45, 2.75) is 69.5 Å². The van der Waals surface area contributed by atoms with E-state index in [0.29, 0.717) is 12.2 Å². The van der Waals surface area contributed by atoms with Gasteiger partial charge in [-0.1, -0.05) is 61.7 Å². The van der Waals surface area contributed by atoms with Crippen molar-refractivity contribution in [3.63, 3.8) is 0 Å². The van der Waals surface area contributed by atoms with Gasteiger partial charge in [0, 0.05) is 12.6 Å². The van der Waals surface area contributed by atoms with Gasteiger partial charge in [-0.2, -0.15) is 0 Å². The number of hydrogen-bond donors (Lipinski definition) is 1. The minimum absolute atomic E-state index is 0.0429. The van der Waals surface area contributed by atoms with Crippen LogP contribution in [0.2, 0.25) is 0 Å². The van der Waals surface area contributed by atoms with E-state index < -0.39 is 34.3 Å². The Hall–Kier alpha value is -3.92. The molecule has 4 rings (SSSR count). The molecule has 8 nitrogen and oxygen atoms in total. The highest BCUT2D eigenvalue weighted by Crippen LogP contribution is 2.28. The smallest absolute Gasteiger partial charge is 0.264 e. The van der Waals surface area contributed by atoms with Crippen LogP contribution in [0.25, 0.3) is 0 Å². The number of nitrogens with one attached hydrogen (secondary N) is 1. The highest BCUT2D eigenvalue weighted by Gasteiger charge is 2.35. The Labute approximate surface area is 247 Å². The van der Waals surface area contributed by atoms with Crippen LogP contribution in [0.5, 0.6) is 5.75 Å². The van der Waals surface area contributed by atoms with Gasteiger partial charge in [0.1, 0.15) is 24.2 Å². The van der Waals surface area contributed by atoms with E-state index in [1.165, 1.54) is 35.2 Å². The molecular weight excluding hydrogens is 557 g/mol.